The second-order valence-corrected chi connectivity index (χ2v) is 6.99. The molecule has 20 heavy (non-hydrogen) atoms. The number of fused-ring (bicyclic) bond motifs is 1. The van der Waals surface area contributed by atoms with Crippen molar-refractivity contribution in [3.05, 3.63) is 61.6 Å². The van der Waals surface area contributed by atoms with E-state index in [0.29, 0.717) is 17.0 Å². The van der Waals surface area contributed by atoms with Gasteiger partial charge in [0.25, 0.3) is 0 Å². The number of thiazole rings is 1. The lowest BCUT2D eigenvalue weighted by atomic mass is 10.1. The van der Waals surface area contributed by atoms with Gasteiger partial charge in [0.15, 0.2) is 5.78 Å². The van der Waals surface area contributed by atoms with Crippen molar-refractivity contribution in [2.45, 2.75) is 6.42 Å². The van der Waals surface area contributed by atoms with E-state index in [1.807, 2.05) is 36.4 Å². The predicted octanol–water partition coefficient (Wildman–Crippen LogP) is 4.98. The first-order valence-corrected chi connectivity index (χ1v) is 8.23. The topological polar surface area (TPSA) is 30.0 Å². The monoisotopic (exact) mass is 413 g/mol. The summed E-state index contributed by atoms with van der Waals surface area (Å²) in [4.78, 5) is 16.7. The van der Waals surface area contributed by atoms with Crippen molar-refractivity contribution >= 4 is 61.5 Å². The highest BCUT2D eigenvalue weighted by molar-refractivity contribution is 14.1. The molecule has 1 aromatic heterocycles. The molecule has 0 aliphatic rings. The summed E-state index contributed by atoms with van der Waals surface area (Å²) >= 11 is 9.76. The Morgan fingerprint density at radius 3 is 2.80 bits per heavy atom. The number of Topliss-reactive ketones (excluding diaryl/α,β-unsaturated/α-hetero) is 1. The first-order chi connectivity index (χ1) is 9.63. The third-order valence-electron chi connectivity index (χ3n) is 2.89. The molecule has 5 heteroatoms. The van der Waals surface area contributed by atoms with Crippen LogP contribution in [0.25, 0.3) is 10.2 Å². The van der Waals surface area contributed by atoms with Crippen LogP contribution in [-0.4, -0.2) is 10.8 Å². The van der Waals surface area contributed by atoms with Crippen LogP contribution in [0.1, 0.15) is 15.4 Å². The Kier molecular flexibility index (Phi) is 4.05. The number of carbonyl (C=O) groups is 1. The number of rotatable bonds is 3. The number of nitrogens with zero attached hydrogens (tertiary/aromatic N) is 1. The molecule has 0 aliphatic carbocycles. The third-order valence-corrected chi connectivity index (χ3v) is 5.50. The zero-order valence-electron chi connectivity index (χ0n) is 10.3. The summed E-state index contributed by atoms with van der Waals surface area (Å²) in [7, 11) is 0. The molecular weight excluding hydrogens is 405 g/mol. The van der Waals surface area contributed by atoms with E-state index in [1.54, 1.807) is 17.4 Å². The van der Waals surface area contributed by atoms with Crippen LogP contribution in [0, 0.1) is 3.57 Å². The van der Waals surface area contributed by atoms with Crippen LogP contribution in [0.5, 0.6) is 0 Å². The van der Waals surface area contributed by atoms with Crippen molar-refractivity contribution in [2.24, 2.45) is 0 Å². The second kappa shape index (κ2) is 5.79. The van der Waals surface area contributed by atoms with E-state index in [4.69, 9.17) is 11.6 Å². The summed E-state index contributed by atoms with van der Waals surface area (Å²) in [5.41, 5.74) is 1.58. The van der Waals surface area contributed by atoms with Crippen LogP contribution in [0.4, 0.5) is 0 Å². The molecule has 0 N–H and O–H groups in total. The fourth-order valence-corrected chi connectivity index (χ4v) is 3.39. The van der Waals surface area contributed by atoms with E-state index in [2.05, 4.69) is 27.6 Å². The Balaban J connectivity index is 1.86. The molecule has 0 spiro atoms. The minimum absolute atomic E-state index is 0.0438. The number of halogens is 2. The molecule has 0 unspecified atom stereocenters. The van der Waals surface area contributed by atoms with Gasteiger partial charge in [-0.05, 0) is 46.9 Å². The molecule has 2 nitrogen and oxygen atoms in total. The minimum Gasteiger partial charge on any atom is -0.294 e. The number of carbonyl (C=O) groups excluding carboxylic acids is 1. The van der Waals surface area contributed by atoms with Crippen molar-refractivity contribution in [1.82, 2.24) is 4.98 Å². The van der Waals surface area contributed by atoms with Gasteiger partial charge in [0.1, 0.15) is 5.01 Å². The zero-order valence-corrected chi connectivity index (χ0v) is 14.0. The number of para-hydroxylation sites is 1. The van der Waals surface area contributed by atoms with Crippen molar-refractivity contribution in [3.8, 4) is 0 Å². The van der Waals surface area contributed by atoms with Crippen LogP contribution in [-0.2, 0) is 6.42 Å². The van der Waals surface area contributed by atoms with Crippen molar-refractivity contribution in [1.29, 1.82) is 0 Å². The fraction of sp³-hybridized carbons (Fsp3) is 0.0667. The van der Waals surface area contributed by atoms with Crippen molar-refractivity contribution in [3.63, 3.8) is 0 Å². The summed E-state index contributed by atoms with van der Waals surface area (Å²) in [6, 6.07) is 13.3. The molecule has 1 heterocycles. The first-order valence-electron chi connectivity index (χ1n) is 5.96. The summed E-state index contributed by atoms with van der Waals surface area (Å²) < 4.78 is 2.05. The third kappa shape index (κ3) is 2.87. The van der Waals surface area contributed by atoms with Gasteiger partial charge in [0.2, 0.25) is 0 Å². The summed E-state index contributed by atoms with van der Waals surface area (Å²) in [5.74, 6) is 0.0438. The van der Waals surface area contributed by atoms with Crippen molar-refractivity contribution in [2.75, 3.05) is 0 Å². The van der Waals surface area contributed by atoms with E-state index in [9.17, 15) is 4.79 Å². The van der Waals surface area contributed by atoms with E-state index >= 15 is 0 Å². The largest absolute Gasteiger partial charge is 0.294 e. The van der Waals surface area contributed by atoms with Crippen LogP contribution in [0.2, 0.25) is 5.02 Å². The Morgan fingerprint density at radius 1 is 1.25 bits per heavy atom. The second-order valence-electron chi connectivity index (χ2n) is 4.30. The maximum atomic E-state index is 12.3. The van der Waals surface area contributed by atoms with Gasteiger partial charge in [0.05, 0.1) is 21.7 Å². The van der Waals surface area contributed by atoms with E-state index in [0.717, 1.165) is 18.8 Å². The maximum Gasteiger partial charge on any atom is 0.169 e. The average molecular weight is 414 g/mol. The standard InChI is InChI=1S/C15H9ClINOS/c16-10-7-9(5-6-11(10)17)13(19)8-15-18-12-3-1-2-4-14(12)20-15/h1-7H,8H2. The highest BCUT2D eigenvalue weighted by atomic mass is 127. The first kappa shape index (κ1) is 14.0. The van der Waals surface area contributed by atoms with Gasteiger partial charge in [-0.2, -0.15) is 0 Å². The molecule has 3 rings (SSSR count). The molecule has 100 valence electrons. The molecule has 0 fully saturated rings. The SMILES string of the molecule is O=C(Cc1nc2ccccc2s1)c1ccc(I)c(Cl)c1. The minimum atomic E-state index is 0.0438. The summed E-state index contributed by atoms with van der Waals surface area (Å²) in [6.45, 7) is 0. The van der Waals surface area contributed by atoms with Crippen LogP contribution < -0.4 is 0 Å². The molecule has 0 atom stereocenters. The summed E-state index contributed by atoms with van der Waals surface area (Å²) in [6.07, 6.45) is 0.316. The fourth-order valence-electron chi connectivity index (χ4n) is 1.90. The number of aromatic nitrogens is 1. The van der Waals surface area contributed by atoms with E-state index in [1.165, 1.54) is 0 Å². The maximum absolute atomic E-state index is 12.3. The lowest BCUT2D eigenvalue weighted by Crippen LogP contribution is -2.03. The highest BCUT2D eigenvalue weighted by Crippen LogP contribution is 2.24. The van der Waals surface area contributed by atoms with E-state index < -0.39 is 0 Å². The zero-order chi connectivity index (χ0) is 14.1. The number of benzene rings is 2. The molecule has 0 saturated carbocycles. The van der Waals surface area contributed by atoms with Gasteiger partial charge in [-0.1, -0.05) is 29.8 Å². The normalized spacial score (nSPS) is 10.9. The molecule has 2 aromatic carbocycles. The van der Waals surface area contributed by atoms with Crippen LogP contribution in [0.3, 0.4) is 0 Å². The van der Waals surface area contributed by atoms with Crippen molar-refractivity contribution < 1.29 is 4.79 Å². The van der Waals surface area contributed by atoms with Crippen LogP contribution >= 0.6 is 45.5 Å². The Hall–Kier alpha value is -0.980. The molecule has 0 saturated heterocycles. The number of ketones is 1. The smallest absolute Gasteiger partial charge is 0.169 e. The highest BCUT2D eigenvalue weighted by Gasteiger charge is 2.12. The van der Waals surface area contributed by atoms with Gasteiger partial charge in [0, 0.05) is 9.13 Å². The lowest BCUT2D eigenvalue weighted by Gasteiger charge is -2.01. The predicted molar refractivity (Wildman–Crippen MR) is 91.8 cm³/mol. The molecule has 0 amide bonds. The van der Waals surface area contributed by atoms with Gasteiger partial charge < -0.3 is 0 Å². The van der Waals surface area contributed by atoms with Gasteiger partial charge in [-0.15, -0.1) is 11.3 Å². The molecule has 0 aliphatic heterocycles. The van der Waals surface area contributed by atoms with E-state index in [-0.39, 0.29) is 5.78 Å². The Labute approximate surface area is 138 Å². The van der Waals surface area contributed by atoms with Gasteiger partial charge in [-0.3, -0.25) is 4.79 Å². The molecule has 0 bridgehead atoms. The van der Waals surface area contributed by atoms with Gasteiger partial charge >= 0.3 is 0 Å². The van der Waals surface area contributed by atoms with Gasteiger partial charge in [-0.25, -0.2) is 4.98 Å². The number of hydrogen-bond donors (Lipinski definition) is 0. The number of hydrogen-bond acceptors (Lipinski definition) is 3. The molecule has 0 radical (unpaired) electrons. The van der Waals surface area contributed by atoms with Crippen LogP contribution in [0.15, 0.2) is 42.5 Å². The average Bonchev–Trinajstić information content (AvgIpc) is 2.83. The molecular formula is C15H9ClINOS. The summed E-state index contributed by atoms with van der Waals surface area (Å²) in [5, 5.41) is 1.45. The Morgan fingerprint density at radius 2 is 2.05 bits per heavy atom. The quantitative estimate of drug-likeness (QED) is 0.448. The lowest BCUT2D eigenvalue weighted by molar-refractivity contribution is 0.0993. The molecule has 3 aromatic rings. The Bertz CT molecular complexity index is 766.